The summed E-state index contributed by atoms with van der Waals surface area (Å²) in [5, 5.41) is 3.17. The average molecular weight is 307 g/mol. The Balaban J connectivity index is 1.82. The lowest BCUT2D eigenvalue weighted by Gasteiger charge is -2.27. The molecule has 2 heterocycles. The Bertz CT molecular complexity index is 682. The molecule has 1 aliphatic rings. The minimum absolute atomic E-state index is 0.0186. The Kier molecular flexibility index (Phi) is 4.15. The summed E-state index contributed by atoms with van der Waals surface area (Å²) < 4.78 is 38.2. The first-order valence-corrected chi connectivity index (χ1v) is 6.88. The van der Waals surface area contributed by atoms with Crippen molar-refractivity contribution in [2.24, 2.45) is 0 Å². The third-order valence-corrected chi connectivity index (χ3v) is 3.54. The molecule has 0 fully saturated rings. The predicted octanol–water partition coefficient (Wildman–Crippen LogP) is 2.38. The summed E-state index contributed by atoms with van der Waals surface area (Å²) in [5.41, 5.74) is 0.823. The minimum atomic E-state index is -0.556. The Morgan fingerprint density at radius 1 is 1.27 bits per heavy atom. The van der Waals surface area contributed by atoms with E-state index < -0.39 is 11.6 Å². The van der Waals surface area contributed by atoms with Crippen molar-refractivity contribution in [3.05, 3.63) is 47.4 Å². The molecule has 0 spiro atoms. The Labute approximate surface area is 126 Å². The largest absolute Gasteiger partial charge is 0.490 e. The molecule has 0 bridgehead atoms. The van der Waals surface area contributed by atoms with Crippen LogP contribution in [0.15, 0.2) is 24.5 Å². The first-order valence-electron chi connectivity index (χ1n) is 6.88. The number of aromatic nitrogens is 2. The number of hydrogen-bond acceptors (Lipinski definition) is 5. The van der Waals surface area contributed by atoms with Crippen LogP contribution in [0.5, 0.6) is 11.6 Å². The number of fused-ring (bicyclic) bond motifs is 1. The molecule has 0 aliphatic carbocycles. The number of nitrogens with zero attached hydrogens (tertiary/aromatic N) is 2. The maximum atomic E-state index is 14.0. The van der Waals surface area contributed by atoms with Crippen LogP contribution in [0.3, 0.4) is 0 Å². The minimum Gasteiger partial charge on any atom is -0.490 e. The quantitative estimate of drug-likeness (QED) is 0.940. The molecule has 1 atom stereocenters. The van der Waals surface area contributed by atoms with Crippen molar-refractivity contribution in [3.63, 3.8) is 0 Å². The lowest BCUT2D eigenvalue weighted by Crippen LogP contribution is -2.28. The molecule has 0 saturated heterocycles. The van der Waals surface area contributed by atoms with Gasteiger partial charge < -0.3 is 14.8 Å². The van der Waals surface area contributed by atoms with Crippen LogP contribution in [0.25, 0.3) is 0 Å². The molecule has 116 valence electrons. The van der Waals surface area contributed by atoms with Crippen molar-refractivity contribution in [1.82, 2.24) is 15.3 Å². The van der Waals surface area contributed by atoms with Gasteiger partial charge in [0.05, 0.1) is 13.7 Å². The van der Waals surface area contributed by atoms with E-state index in [1.165, 1.54) is 13.3 Å². The van der Waals surface area contributed by atoms with Gasteiger partial charge in [-0.3, -0.25) is 4.98 Å². The molecule has 1 N–H and O–H groups in total. The normalized spacial score (nSPS) is 16.8. The van der Waals surface area contributed by atoms with Gasteiger partial charge in [0.2, 0.25) is 5.88 Å². The second-order valence-electron chi connectivity index (χ2n) is 4.85. The highest BCUT2D eigenvalue weighted by Gasteiger charge is 2.27. The van der Waals surface area contributed by atoms with E-state index in [4.69, 9.17) is 9.47 Å². The van der Waals surface area contributed by atoms with Crippen LogP contribution in [-0.4, -0.2) is 23.7 Å². The first-order chi connectivity index (χ1) is 10.7. The molecule has 5 nitrogen and oxygen atoms in total. The number of nitrogens with one attached hydrogen (secondary N) is 1. The number of methoxy groups -OCH3 is 1. The molecule has 1 aliphatic heterocycles. The molecule has 3 rings (SSSR count). The maximum absolute atomic E-state index is 14.0. The zero-order valence-electron chi connectivity index (χ0n) is 12.0. The van der Waals surface area contributed by atoms with E-state index in [0.29, 0.717) is 31.1 Å². The predicted molar refractivity (Wildman–Crippen MR) is 74.6 cm³/mol. The van der Waals surface area contributed by atoms with Crippen molar-refractivity contribution >= 4 is 0 Å². The number of hydrogen-bond donors (Lipinski definition) is 1. The van der Waals surface area contributed by atoms with Crippen LogP contribution < -0.4 is 14.8 Å². The van der Waals surface area contributed by atoms with Crippen molar-refractivity contribution in [3.8, 4) is 11.6 Å². The fourth-order valence-corrected chi connectivity index (χ4v) is 2.51. The standard InChI is InChI=1S/C15H15F2N3O2/c1-21-15-12(18-5-6-19-15)8-20-11-4-7-22-14-10(17)3-2-9(16)13(11)14/h2-3,5-6,11,20H,4,7-8H2,1H3/t11-/m1/s1. The van der Waals surface area contributed by atoms with Gasteiger partial charge >= 0.3 is 0 Å². The molecule has 0 amide bonds. The number of ether oxygens (including phenoxy) is 2. The second-order valence-corrected chi connectivity index (χ2v) is 4.85. The van der Waals surface area contributed by atoms with Crippen LogP contribution in [0.2, 0.25) is 0 Å². The zero-order chi connectivity index (χ0) is 15.5. The molecule has 7 heteroatoms. The van der Waals surface area contributed by atoms with Crippen molar-refractivity contribution in [2.75, 3.05) is 13.7 Å². The third-order valence-electron chi connectivity index (χ3n) is 3.54. The van der Waals surface area contributed by atoms with Gasteiger partial charge in [-0.2, -0.15) is 0 Å². The highest BCUT2D eigenvalue weighted by atomic mass is 19.1. The molecule has 22 heavy (non-hydrogen) atoms. The van der Waals surface area contributed by atoms with Gasteiger partial charge in [0.25, 0.3) is 0 Å². The van der Waals surface area contributed by atoms with Gasteiger partial charge in [-0.1, -0.05) is 0 Å². The summed E-state index contributed by atoms with van der Waals surface area (Å²) >= 11 is 0. The summed E-state index contributed by atoms with van der Waals surface area (Å²) in [5.74, 6) is -0.656. The zero-order valence-corrected chi connectivity index (χ0v) is 12.0. The number of rotatable bonds is 4. The van der Waals surface area contributed by atoms with Gasteiger partial charge in [0.1, 0.15) is 11.5 Å². The van der Waals surface area contributed by atoms with Crippen LogP contribution in [0.1, 0.15) is 23.7 Å². The molecule has 1 aromatic carbocycles. The number of halogens is 2. The highest BCUT2D eigenvalue weighted by molar-refractivity contribution is 5.40. The monoisotopic (exact) mass is 307 g/mol. The lowest BCUT2D eigenvalue weighted by molar-refractivity contribution is 0.234. The third kappa shape index (κ3) is 2.71. The Hall–Kier alpha value is -2.28. The molecule has 2 aromatic rings. The van der Waals surface area contributed by atoms with Gasteiger partial charge in [0.15, 0.2) is 11.6 Å². The maximum Gasteiger partial charge on any atom is 0.236 e. The summed E-state index contributed by atoms with van der Waals surface area (Å²) in [4.78, 5) is 8.23. The second kappa shape index (κ2) is 6.23. The van der Waals surface area contributed by atoms with E-state index in [1.54, 1.807) is 6.20 Å². The lowest BCUT2D eigenvalue weighted by atomic mass is 9.99. The summed E-state index contributed by atoms with van der Waals surface area (Å²) in [6, 6.07) is 1.83. The molecule has 0 radical (unpaired) electrons. The smallest absolute Gasteiger partial charge is 0.236 e. The summed E-state index contributed by atoms with van der Waals surface area (Å²) in [6.45, 7) is 0.652. The van der Waals surface area contributed by atoms with E-state index in [1.807, 2.05) is 0 Å². The van der Waals surface area contributed by atoms with E-state index >= 15 is 0 Å². The van der Waals surface area contributed by atoms with Crippen molar-refractivity contribution in [1.29, 1.82) is 0 Å². The van der Waals surface area contributed by atoms with Crippen LogP contribution >= 0.6 is 0 Å². The van der Waals surface area contributed by atoms with Crippen molar-refractivity contribution < 1.29 is 18.3 Å². The fourth-order valence-electron chi connectivity index (χ4n) is 2.51. The van der Waals surface area contributed by atoms with E-state index in [-0.39, 0.29) is 17.4 Å². The number of benzene rings is 1. The highest BCUT2D eigenvalue weighted by Crippen LogP contribution is 2.36. The van der Waals surface area contributed by atoms with Crippen LogP contribution in [-0.2, 0) is 6.54 Å². The topological polar surface area (TPSA) is 56.3 Å². The average Bonchev–Trinajstić information content (AvgIpc) is 2.56. The van der Waals surface area contributed by atoms with Crippen LogP contribution in [0, 0.1) is 11.6 Å². The first kappa shape index (κ1) is 14.6. The van der Waals surface area contributed by atoms with Crippen LogP contribution in [0.4, 0.5) is 8.78 Å². The van der Waals surface area contributed by atoms with Crippen molar-refractivity contribution in [2.45, 2.75) is 19.0 Å². The fraction of sp³-hybridized carbons (Fsp3) is 0.333. The summed E-state index contributed by atoms with van der Waals surface area (Å²) in [6.07, 6.45) is 3.62. The van der Waals surface area contributed by atoms with E-state index in [2.05, 4.69) is 15.3 Å². The Morgan fingerprint density at radius 3 is 2.86 bits per heavy atom. The molecule has 0 saturated carbocycles. The molecular formula is C15H15F2N3O2. The SMILES string of the molecule is COc1nccnc1CN[C@@H]1CCOc2c(F)ccc(F)c21. The van der Waals surface area contributed by atoms with Gasteiger partial charge in [-0.05, 0) is 12.1 Å². The summed E-state index contributed by atoms with van der Waals surface area (Å²) in [7, 11) is 1.51. The van der Waals surface area contributed by atoms with Gasteiger partial charge in [0, 0.05) is 37.0 Å². The molecule has 1 aromatic heterocycles. The molecule has 0 unspecified atom stereocenters. The Morgan fingerprint density at radius 2 is 2.05 bits per heavy atom. The van der Waals surface area contributed by atoms with Gasteiger partial charge in [-0.25, -0.2) is 13.8 Å². The van der Waals surface area contributed by atoms with E-state index in [9.17, 15) is 8.78 Å². The molecular weight excluding hydrogens is 292 g/mol. The van der Waals surface area contributed by atoms with E-state index in [0.717, 1.165) is 12.1 Å². The van der Waals surface area contributed by atoms with Gasteiger partial charge in [-0.15, -0.1) is 0 Å².